The Kier molecular flexibility index (Phi) is 10.4. The standard InChI is InChI=1S/C20H29N5OS.HI/c1-6-21-20(23-12-18-14(4)24-15(5)27-18)22-11-16-7-9-17(10-8-16)25-19(26)13(2)3;/h7-10,13H,6,11-12H2,1-5H3,(H,25,26)(H2,21,22,23);1H. The van der Waals surface area contributed by atoms with Crippen molar-refractivity contribution in [3.8, 4) is 0 Å². The second-order valence-electron chi connectivity index (χ2n) is 6.63. The lowest BCUT2D eigenvalue weighted by atomic mass is 10.2. The molecule has 0 saturated carbocycles. The molecule has 0 saturated heterocycles. The van der Waals surface area contributed by atoms with E-state index < -0.39 is 0 Å². The highest BCUT2D eigenvalue weighted by molar-refractivity contribution is 14.0. The van der Waals surface area contributed by atoms with Gasteiger partial charge in [0.05, 0.1) is 23.8 Å². The fourth-order valence-corrected chi connectivity index (χ4v) is 3.27. The Labute approximate surface area is 188 Å². The molecule has 1 aromatic carbocycles. The largest absolute Gasteiger partial charge is 0.357 e. The minimum atomic E-state index is -0.0333. The number of carbonyl (C=O) groups excluding carboxylic acids is 1. The van der Waals surface area contributed by atoms with Crippen LogP contribution in [0.15, 0.2) is 29.3 Å². The number of benzene rings is 1. The Balaban J connectivity index is 0.00000392. The van der Waals surface area contributed by atoms with Crippen molar-refractivity contribution in [1.82, 2.24) is 15.6 Å². The van der Waals surface area contributed by atoms with Crippen LogP contribution in [0.2, 0.25) is 0 Å². The average molecular weight is 515 g/mol. The molecule has 28 heavy (non-hydrogen) atoms. The fraction of sp³-hybridized carbons (Fsp3) is 0.450. The monoisotopic (exact) mass is 515 g/mol. The first kappa shape index (κ1) is 24.4. The van der Waals surface area contributed by atoms with Gasteiger partial charge in [0.25, 0.3) is 0 Å². The van der Waals surface area contributed by atoms with Crippen LogP contribution in [0, 0.1) is 19.8 Å². The van der Waals surface area contributed by atoms with Crippen molar-refractivity contribution in [2.24, 2.45) is 10.9 Å². The molecule has 1 aromatic heterocycles. The van der Waals surface area contributed by atoms with Gasteiger partial charge < -0.3 is 16.0 Å². The first-order valence-corrected chi connectivity index (χ1v) is 10.1. The van der Waals surface area contributed by atoms with E-state index in [4.69, 9.17) is 0 Å². The summed E-state index contributed by atoms with van der Waals surface area (Å²) in [5, 5.41) is 10.6. The summed E-state index contributed by atoms with van der Waals surface area (Å²) in [6.45, 7) is 11.9. The summed E-state index contributed by atoms with van der Waals surface area (Å²) in [6, 6.07) is 7.79. The van der Waals surface area contributed by atoms with Crippen molar-refractivity contribution in [2.45, 2.75) is 47.7 Å². The zero-order chi connectivity index (χ0) is 19.8. The molecule has 8 heteroatoms. The number of hydrogen-bond donors (Lipinski definition) is 3. The SMILES string of the molecule is CCNC(=NCc1ccc(NC(=O)C(C)C)cc1)NCc1sc(C)nc1C.I. The summed E-state index contributed by atoms with van der Waals surface area (Å²) in [5.41, 5.74) is 2.96. The van der Waals surface area contributed by atoms with Gasteiger partial charge in [0.15, 0.2) is 5.96 Å². The molecule has 0 aliphatic rings. The van der Waals surface area contributed by atoms with E-state index in [1.807, 2.05) is 58.9 Å². The molecule has 3 N–H and O–H groups in total. The summed E-state index contributed by atoms with van der Waals surface area (Å²) in [4.78, 5) is 22.1. The zero-order valence-corrected chi connectivity index (χ0v) is 20.3. The van der Waals surface area contributed by atoms with Gasteiger partial charge in [-0.05, 0) is 38.5 Å². The van der Waals surface area contributed by atoms with E-state index in [1.54, 1.807) is 11.3 Å². The fourth-order valence-electron chi connectivity index (χ4n) is 2.39. The second-order valence-corrected chi connectivity index (χ2v) is 7.92. The van der Waals surface area contributed by atoms with Crippen LogP contribution >= 0.6 is 35.3 Å². The van der Waals surface area contributed by atoms with Crippen LogP contribution in [0.3, 0.4) is 0 Å². The number of anilines is 1. The number of aryl methyl sites for hydroxylation is 2. The highest BCUT2D eigenvalue weighted by Crippen LogP contribution is 2.16. The number of thiazole rings is 1. The molecular weight excluding hydrogens is 485 g/mol. The number of hydrogen-bond acceptors (Lipinski definition) is 4. The molecule has 0 atom stereocenters. The molecule has 0 bridgehead atoms. The minimum absolute atomic E-state index is 0. The summed E-state index contributed by atoms with van der Waals surface area (Å²) >= 11 is 1.71. The van der Waals surface area contributed by atoms with Crippen molar-refractivity contribution in [1.29, 1.82) is 0 Å². The minimum Gasteiger partial charge on any atom is -0.357 e. The predicted octanol–water partition coefficient (Wildman–Crippen LogP) is 4.23. The van der Waals surface area contributed by atoms with Crippen molar-refractivity contribution in [3.63, 3.8) is 0 Å². The van der Waals surface area contributed by atoms with Crippen LogP contribution in [-0.2, 0) is 17.9 Å². The number of carbonyl (C=O) groups is 1. The van der Waals surface area contributed by atoms with Gasteiger partial charge in [0.2, 0.25) is 5.91 Å². The number of amides is 1. The van der Waals surface area contributed by atoms with Gasteiger partial charge in [-0.2, -0.15) is 0 Å². The lowest BCUT2D eigenvalue weighted by Gasteiger charge is -2.11. The van der Waals surface area contributed by atoms with Gasteiger partial charge in [-0.15, -0.1) is 35.3 Å². The van der Waals surface area contributed by atoms with Crippen molar-refractivity contribution >= 4 is 52.9 Å². The summed E-state index contributed by atoms with van der Waals surface area (Å²) in [5.74, 6) is 0.766. The van der Waals surface area contributed by atoms with Gasteiger partial charge in [0.1, 0.15) is 0 Å². The molecule has 1 heterocycles. The van der Waals surface area contributed by atoms with E-state index in [-0.39, 0.29) is 35.8 Å². The van der Waals surface area contributed by atoms with Crippen molar-refractivity contribution in [2.75, 3.05) is 11.9 Å². The summed E-state index contributed by atoms with van der Waals surface area (Å²) in [6.07, 6.45) is 0. The zero-order valence-electron chi connectivity index (χ0n) is 17.1. The van der Waals surface area contributed by atoms with Crippen LogP contribution in [0.25, 0.3) is 0 Å². The van der Waals surface area contributed by atoms with Gasteiger partial charge in [-0.25, -0.2) is 9.98 Å². The van der Waals surface area contributed by atoms with E-state index in [2.05, 4.69) is 25.9 Å². The van der Waals surface area contributed by atoms with Crippen LogP contribution in [0.1, 0.15) is 41.9 Å². The molecule has 0 aliphatic carbocycles. The highest BCUT2D eigenvalue weighted by Gasteiger charge is 2.07. The van der Waals surface area contributed by atoms with E-state index in [1.165, 1.54) is 4.88 Å². The van der Waals surface area contributed by atoms with Gasteiger partial charge in [-0.3, -0.25) is 4.79 Å². The quantitative estimate of drug-likeness (QED) is 0.293. The first-order valence-electron chi connectivity index (χ1n) is 9.24. The topological polar surface area (TPSA) is 78.4 Å². The Hall–Kier alpha value is -1.68. The lowest BCUT2D eigenvalue weighted by Crippen LogP contribution is -2.36. The van der Waals surface area contributed by atoms with Crippen LogP contribution < -0.4 is 16.0 Å². The molecule has 2 aromatic rings. The third-order valence-electron chi connectivity index (χ3n) is 3.93. The maximum atomic E-state index is 11.7. The number of nitrogens with zero attached hydrogens (tertiary/aromatic N) is 2. The smallest absolute Gasteiger partial charge is 0.226 e. The molecule has 2 rings (SSSR count). The lowest BCUT2D eigenvalue weighted by molar-refractivity contribution is -0.118. The number of halogens is 1. The Morgan fingerprint density at radius 3 is 2.39 bits per heavy atom. The molecule has 1 amide bonds. The third kappa shape index (κ3) is 7.75. The normalized spacial score (nSPS) is 11.1. The molecular formula is C20H30IN5OS. The van der Waals surface area contributed by atoms with Gasteiger partial charge in [-0.1, -0.05) is 26.0 Å². The number of aliphatic imine (C=N–C) groups is 1. The van der Waals surface area contributed by atoms with E-state index >= 15 is 0 Å². The van der Waals surface area contributed by atoms with E-state index in [9.17, 15) is 4.79 Å². The van der Waals surface area contributed by atoms with E-state index in [0.29, 0.717) is 13.1 Å². The molecule has 0 fully saturated rings. The maximum Gasteiger partial charge on any atom is 0.226 e. The summed E-state index contributed by atoms with van der Waals surface area (Å²) in [7, 11) is 0. The maximum absolute atomic E-state index is 11.7. The van der Waals surface area contributed by atoms with Gasteiger partial charge in [0, 0.05) is 23.0 Å². The van der Waals surface area contributed by atoms with Crippen molar-refractivity contribution < 1.29 is 4.79 Å². The number of nitrogens with one attached hydrogen (secondary N) is 3. The Bertz CT molecular complexity index is 786. The number of aromatic nitrogens is 1. The highest BCUT2D eigenvalue weighted by atomic mass is 127. The molecule has 0 aliphatic heterocycles. The van der Waals surface area contributed by atoms with Crippen LogP contribution in [0.5, 0.6) is 0 Å². The number of rotatable bonds is 7. The molecule has 0 unspecified atom stereocenters. The third-order valence-corrected chi connectivity index (χ3v) is 5.00. The summed E-state index contributed by atoms with van der Waals surface area (Å²) < 4.78 is 0. The Morgan fingerprint density at radius 1 is 1.18 bits per heavy atom. The average Bonchev–Trinajstić information content (AvgIpc) is 2.95. The van der Waals surface area contributed by atoms with Crippen LogP contribution in [0.4, 0.5) is 5.69 Å². The predicted molar refractivity (Wildman–Crippen MR) is 129 cm³/mol. The van der Waals surface area contributed by atoms with E-state index in [0.717, 1.165) is 34.5 Å². The molecule has 0 spiro atoms. The first-order chi connectivity index (χ1) is 12.9. The molecule has 0 radical (unpaired) electrons. The molecule has 6 nitrogen and oxygen atoms in total. The number of guanidine groups is 1. The Morgan fingerprint density at radius 2 is 1.86 bits per heavy atom. The van der Waals surface area contributed by atoms with Crippen LogP contribution in [-0.4, -0.2) is 23.4 Å². The van der Waals surface area contributed by atoms with Gasteiger partial charge >= 0.3 is 0 Å². The molecule has 154 valence electrons. The second kappa shape index (κ2) is 12.0. The van der Waals surface area contributed by atoms with Crippen molar-refractivity contribution in [3.05, 3.63) is 45.4 Å².